The number of hydroxylamine groups is 1. The Balaban J connectivity index is 1.58. The molecule has 0 fully saturated rings. The molecule has 0 unspecified atom stereocenters. The van der Waals surface area contributed by atoms with Crippen LogP contribution in [0.5, 0.6) is 0 Å². The molecule has 0 radical (unpaired) electrons. The van der Waals surface area contributed by atoms with Crippen molar-refractivity contribution in [2.75, 3.05) is 0 Å². The van der Waals surface area contributed by atoms with Crippen molar-refractivity contribution in [3.05, 3.63) is 83.6 Å². The molecule has 4 aromatic rings. The Hall–Kier alpha value is -3.84. The molecule has 0 bridgehead atoms. The van der Waals surface area contributed by atoms with E-state index in [0.29, 0.717) is 16.8 Å². The lowest BCUT2D eigenvalue weighted by Gasteiger charge is -2.23. The molecule has 2 amide bonds. The molecule has 7 heteroatoms. The second kappa shape index (κ2) is 8.72. The summed E-state index contributed by atoms with van der Waals surface area (Å²) in [5, 5.41) is 11.9. The molecule has 3 N–H and O–H groups in total. The van der Waals surface area contributed by atoms with Gasteiger partial charge in [0, 0.05) is 30.3 Å². The van der Waals surface area contributed by atoms with E-state index in [9.17, 15) is 9.59 Å². The van der Waals surface area contributed by atoms with Crippen LogP contribution in [0.15, 0.2) is 71.1 Å². The third-order valence-corrected chi connectivity index (χ3v) is 5.61. The summed E-state index contributed by atoms with van der Waals surface area (Å²) >= 11 is 0. The van der Waals surface area contributed by atoms with Crippen molar-refractivity contribution in [2.45, 2.75) is 19.9 Å². The van der Waals surface area contributed by atoms with Crippen molar-refractivity contribution in [3.63, 3.8) is 0 Å². The molecule has 164 valence electrons. The Morgan fingerprint density at radius 1 is 0.969 bits per heavy atom. The van der Waals surface area contributed by atoms with Gasteiger partial charge in [0.05, 0.1) is 11.6 Å². The molecule has 2 heterocycles. The van der Waals surface area contributed by atoms with Gasteiger partial charge >= 0.3 is 0 Å². The van der Waals surface area contributed by atoms with E-state index < -0.39 is 5.91 Å². The van der Waals surface area contributed by atoms with E-state index in [4.69, 9.17) is 9.62 Å². The van der Waals surface area contributed by atoms with Gasteiger partial charge in [-0.3, -0.25) is 14.8 Å². The van der Waals surface area contributed by atoms with Crippen LogP contribution in [0.25, 0.3) is 22.4 Å². The Labute approximate surface area is 185 Å². The van der Waals surface area contributed by atoms with Gasteiger partial charge < -0.3 is 14.3 Å². The lowest BCUT2D eigenvalue weighted by molar-refractivity contribution is 0.0706. The highest BCUT2D eigenvalue weighted by Gasteiger charge is 2.23. The number of rotatable bonds is 6. The van der Waals surface area contributed by atoms with Crippen LogP contribution in [0.3, 0.4) is 0 Å². The molecule has 0 aliphatic rings. The number of benzene rings is 2. The fraction of sp³-hybridized carbons (Fsp3) is 0.200. The van der Waals surface area contributed by atoms with Crippen LogP contribution < -0.4 is 10.8 Å². The maximum atomic E-state index is 13.1. The average Bonchev–Trinajstić information content (AvgIpc) is 3.37. The standard InChI is InChI=1S/C25H25N3O4/c1-15(2)23(17-9-11-18(12-10-17)24(29)27-31)26-25(30)20-14-22-19(28(20)3)13-21(32-22)16-7-5-4-6-8-16/h4-15,23,31H,1-3H3,(H,26,30)(H,27,29)/t23-/m1/s1. The molecule has 2 aromatic carbocycles. The molecular weight excluding hydrogens is 406 g/mol. The number of hydrogen-bond acceptors (Lipinski definition) is 4. The average molecular weight is 431 g/mol. The third kappa shape index (κ3) is 4.02. The summed E-state index contributed by atoms with van der Waals surface area (Å²) in [5.74, 6) is 0.0774. The summed E-state index contributed by atoms with van der Waals surface area (Å²) in [6.45, 7) is 4.03. The first kappa shape index (κ1) is 21.4. The topological polar surface area (TPSA) is 96.5 Å². The number of hydrogen-bond donors (Lipinski definition) is 3. The zero-order valence-electron chi connectivity index (χ0n) is 18.1. The van der Waals surface area contributed by atoms with Crippen LogP contribution in [-0.2, 0) is 7.05 Å². The maximum absolute atomic E-state index is 13.1. The van der Waals surface area contributed by atoms with Crippen LogP contribution >= 0.6 is 0 Å². The van der Waals surface area contributed by atoms with Crippen LogP contribution in [0.1, 0.15) is 46.3 Å². The molecule has 1 atom stereocenters. The number of nitrogens with one attached hydrogen (secondary N) is 2. The number of aryl methyl sites for hydroxylation is 1. The number of amides is 2. The molecule has 0 saturated heterocycles. The van der Waals surface area contributed by atoms with E-state index in [1.165, 1.54) is 0 Å². The second-order valence-electron chi connectivity index (χ2n) is 8.07. The minimum absolute atomic E-state index is 0.115. The molecular formula is C25H25N3O4. The summed E-state index contributed by atoms with van der Waals surface area (Å²) in [7, 11) is 1.84. The minimum atomic E-state index is -0.581. The van der Waals surface area contributed by atoms with Crippen molar-refractivity contribution in [1.29, 1.82) is 0 Å². The van der Waals surface area contributed by atoms with Gasteiger partial charge in [-0.05, 0) is 23.6 Å². The zero-order valence-corrected chi connectivity index (χ0v) is 18.1. The van der Waals surface area contributed by atoms with E-state index in [1.807, 2.05) is 61.9 Å². The lowest BCUT2D eigenvalue weighted by Crippen LogP contribution is -2.33. The van der Waals surface area contributed by atoms with Crippen molar-refractivity contribution < 1.29 is 19.2 Å². The Kier molecular flexibility index (Phi) is 5.83. The van der Waals surface area contributed by atoms with Crippen LogP contribution in [0.2, 0.25) is 0 Å². The number of fused-ring (bicyclic) bond motifs is 1. The van der Waals surface area contributed by atoms with E-state index in [1.54, 1.807) is 35.8 Å². The SMILES string of the molecule is CC(C)[C@@H](NC(=O)c1cc2oc(-c3ccccc3)cc2n1C)c1ccc(C(=O)NO)cc1. The predicted molar refractivity (Wildman–Crippen MR) is 121 cm³/mol. The fourth-order valence-electron chi connectivity index (χ4n) is 3.83. The zero-order chi connectivity index (χ0) is 22.8. The summed E-state index contributed by atoms with van der Waals surface area (Å²) in [4.78, 5) is 24.7. The van der Waals surface area contributed by atoms with Crippen LogP contribution in [0.4, 0.5) is 0 Å². The summed E-state index contributed by atoms with van der Waals surface area (Å²) in [6.07, 6.45) is 0. The molecule has 0 spiro atoms. The van der Waals surface area contributed by atoms with Gasteiger partial charge in [0.25, 0.3) is 11.8 Å². The van der Waals surface area contributed by atoms with Gasteiger partial charge in [0.15, 0.2) is 5.58 Å². The van der Waals surface area contributed by atoms with Gasteiger partial charge in [-0.2, -0.15) is 0 Å². The van der Waals surface area contributed by atoms with Crippen molar-refractivity contribution >= 4 is 22.9 Å². The summed E-state index contributed by atoms with van der Waals surface area (Å²) in [6, 6.07) is 20.0. The molecule has 2 aromatic heterocycles. The van der Waals surface area contributed by atoms with Gasteiger partial charge in [0.1, 0.15) is 11.5 Å². The molecule has 0 aliphatic heterocycles. The van der Waals surface area contributed by atoms with Crippen LogP contribution in [0, 0.1) is 5.92 Å². The third-order valence-electron chi connectivity index (χ3n) is 5.61. The second-order valence-corrected chi connectivity index (χ2v) is 8.07. The predicted octanol–water partition coefficient (Wildman–Crippen LogP) is 4.68. The molecule has 4 rings (SSSR count). The molecule has 7 nitrogen and oxygen atoms in total. The van der Waals surface area contributed by atoms with Gasteiger partial charge in [-0.25, -0.2) is 5.48 Å². The Morgan fingerprint density at radius 2 is 1.66 bits per heavy atom. The maximum Gasteiger partial charge on any atom is 0.274 e. The normalized spacial score (nSPS) is 12.2. The fourth-order valence-corrected chi connectivity index (χ4v) is 3.83. The van der Waals surface area contributed by atoms with Crippen molar-refractivity contribution in [3.8, 4) is 11.3 Å². The first-order valence-corrected chi connectivity index (χ1v) is 10.4. The highest BCUT2D eigenvalue weighted by Crippen LogP contribution is 2.30. The van der Waals surface area contributed by atoms with Gasteiger partial charge in [0.2, 0.25) is 0 Å². The van der Waals surface area contributed by atoms with Gasteiger partial charge in [-0.1, -0.05) is 56.3 Å². The van der Waals surface area contributed by atoms with E-state index in [0.717, 1.165) is 22.4 Å². The van der Waals surface area contributed by atoms with E-state index in [-0.39, 0.29) is 17.9 Å². The highest BCUT2D eigenvalue weighted by molar-refractivity contribution is 5.98. The molecule has 32 heavy (non-hydrogen) atoms. The van der Waals surface area contributed by atoms with E-state index in [2.05, 4.69) is 5.32 Å². The first-order chi connectivity index (χ1) is 15.4. The number of carbonyl (C=O) groups is 2. The number of carbonyl (C=O) groups excluding carboxylic acids is 2. The Bertz CT molecular complexity index is 1250. The highest BCUT2D eigenvalue weighted by atomic mass is 16.5. The van der Waals surface area contributed by atoms with Crippen molar-refractivity contribution in [1.82, 2.24) is 15.4 Å². The Morgan fingerprint density at radius 3 is 2.25 bits per heavy atom. The minimum Gasteiger partial charge on any atom is -0.454 e. The summed E-state index contributed by atoms with van der Waals surface area (Å²) < 4.78 is 7.82. The smallest absolute Gasteiger partial charge is 0.274 e. The largest absolute Gasteiger partial charge is 0.454 e. The number of furan rings is 1. The number of aromatic nitrogens is 1. The molecule has 0 aliphatic carbocycles. The molecule has 0 saturated carbocycles. The quantitative estimate of drug-likeness (QED) is 0.305. The van der Waals surface area contributed by atoms with Gasteiger partial charge in [-0.15, -0.1) is 0 Å². The monoisotopic (exact) mass is 431 g/mol. The lowest BCUT2D eigenvalue weighted by atomic mass is 9.95. The van der Waals surface area contributed by atoms with E-state index >= 15 is 0 Å². The van der Waals surface area contributed by atoms with Crippen LogP contribution in [-0.4, -0.2) is 21.6 Å². The summed E-state index contributed by atoms with van der Waals surface area (Å²) in [5.41, 5.74) is 5.79. The number of nitrogens with zero attached hydrogens (tertiary/aromatic N) is 1. The van der Waals surface area contributed by atoms with Crippen molar-refractivity contribution in [2.24, 2.45) is 13.0 Å². The first-order valence-electron chi connectivity index (χ1n) is 10.4.